The number of para-hydroxylation sites is 2. The summed E-state index contributed by atoms with van der Waals surface area (Å²) in [6, 6.07) is 11.1. The van der Waals surface area contributed by atoms with Crippen LogP contribution in [0.1, 0.15) is 56.4 Å². The van der Waals surface area contributed by atoms with Crippen LogP contribution in [-0.4, -0.2) is 24.1 Å². The van der Waals surface area contributed by atoms with Crippen LogP contribution in [0, 0.1) is 0 Å². The molecule has 4 rings (SSSR count). The lowest BCUT2D eigenvalue weighted by Crippen LogP contribution is -2.38. The summed E-state index contributed by atoms with van der Waals surface area (Å²) in [6.45, 7) is 2.59. The smallest absolute Gasteiger partial charge is 0.228 e. The third-order valence-corrected chi connectivity index (χ3v) is 6.58. The molecule has 31 heavy (non-hydrogen) atoms. The van der Waals surface area contributed by atoms with E-state index < -0.39 is 6.04 Å². The van der Waals surface area contributed by atoms with Gasteiger partial charge in [0.25, 0.3) is 0 Å². The van der Waals surface area contributed by atoms with Gasteiger partial charge >= 0.3 is 0 Å². The summed E-state index contributed by atoms with van der Waals surface area (Å²) in [6.07, 6.45) is 3.13. The van der Waals surface area contributed by atoms with Crippen LogP contribution in [0.25, 0.3) is 0 Å². The summed E-state index contributed by atoms with van der Waals surface area (Å²) in [5, 5.41) is 8.25. The van der Waals surface area contributed by atoms with Gasteiger partial charge in [-0.15, -0.1) is 11.3 Å². The van der Waals surface area contributed by atoms with E-state index in [0.29, 0.717) is 18.5 Å². The normalized spacial score (nSPS) is 18.0. The summed E-state index contributed by atoms with van der Waals surface area (Å²) in [5.41, 5.74) is 3.13. The van der Waals surface area contributed by atoms with Crippen LogP contribution in [0.5, 0.6) is 0 Å². The van der Waals surface area contributed by atoms with E-state index >= 15 is 0 Å². The molecule has 0 radical (unpaired) electrons. The first kappa shape index (κ1) is 21.3. The van der Waals surface area contributed by atoms with Crippen LogP contribution < -0.4 is 15.5 Å². The number of amides is 2. The minimum absolute atomic E-state index is 0.0819. The molecule has 162 valence electrons. The molecule has 1 aromatic carbocycles. The van der Waals surface area contributed by atoms with Gasteiger partial charge in [-0.05, 0) is 42.8 Å². The predicted molar refractivity (Wildman–Crippen MR) is 123 cm³/mol. The van der Waals surface area contributed by atoms with Crippen molar-refractivity contribution in [2.45, 2.75) is 51.5 Å². The maximum absolute atomic E-state index is 13.6. The summed E-state index contributed by atoms with van der Waals surface area (Å²) < 4.78 is 0. The van der Waals surface area contributed by atoms with Crippen LogP contribution >= 0.6 is 11.3 Å². The number of ketones is 1. The van der Waals surface area contributed by atoms with Crippen molar-refractivity contribution in [1.82, 2.24) is 5.32 Å². The van der Waals surface area contributed by atoms with Gasteiger partial charge in [0.15, 0.2) is 5.78 Å². The van der Waals surface area contributed by atoms with Crippen molar-refractivity contribution >= 4 is 40.3 Å². The molecule has 2 N–H and O–H groups in total. The number of allylic oxidation sites excluding steroid dienone is 1. The standard InChI is InChI=1S/C24H27N3O3S/c1-2-14-25-21(29)12-13-22(30)27-18-9-4-3-7-16(18)26-17-8-5-10-19(28)23(17)24(27)20-11-6-15-31-20/h3-4,6-7,9,11,15,24,26H,2,5,8,10,12-14H2,1H3,(H,25,29)/t24-/m1/s1. The van der Waals surface area contributed by atoms with E-state index in [2.05, 4.69) is 10.6 Å². The number of benzene rings is 1. The molecule has 1 aliphatic heterocycles. The van der Waals surface area contributed by atoms with Crippen molar-refractivity contribution in [2.24, 2.45) is 0 Å². The number of carbonyl (C=O) groups is 3. The fraction of sp³-hybridized carbons (Fsp3) is 0.375. The van der Waals surface area contributed by atoms with E-state index in [9.17, 15) is 14.4 Å². The third-order valence-electron chi connectivity index (χ3n) is 5.66. The topological polar surface area (TPSA) is 78.5 Å². The summed E-state index contributed by atoms with van der Waals surface area (Å²) in [7, 11) is 0. The van der Waals surface area contributed by atoms with Gasteiger partial charge in [-0.3, -0.25) is 19.3 Å². The van der Waals surface area contributed by atoms with Crippen molar-refractivity contribution < 1.29 is 14.4 Å². The van der Waals surface area contributed by atoms with Gasteiger partial charge in [0.2, 0.25) is 11.8 Å². The van der Waals surface area contributed by atoms with Gasteiger partial charge in [0, 0.05) is 42.0 Å². The van der Waals surface area contributed by atoms with E-state index in [1.165, 1.54) is 0 Å². The second-order valence-corrected chi connectivity index (χ2v) is 8.82. The molecular weight excluding hydrogens is 410 g/mol. The molecular formula is C24H27N3O3S. The van der Waals surface area contributed by atoms with Crippen molar-refractivity contribution in [3.8, 4) is 0 Å². The number of nitrogens with one attached hydrogen (secondary N) is 2. The second-order valence-electron chi connectivity index (χ2n) is 7.84. The highest BCUT2D eigenvalue weighted by molar-refractivity contribution is 7.10. The van der Waals surface area contributed by atoms with E-state index in [-0.39, 0.29) is 30.4 Å². The quantitative estimate of drug-likeness (QED) is 0.694. The van der Waals surface area contributed by atoms with Crippen molar-refractivity contribution in [2.75, 3.05) is 16.8 Å². The molecule has 2 aliphatic rings. The Morgan fingerprint density at radius 3 is 2.77 bits per heavy atom. The number of rotatable bonds is 6. The molecule has 0 bridgehead atoms. The number of hydrogen-bond donors (Lipinski definition) is 2. The first-order valence-corrected chi connectivity index (χ1v) is 11.7. The molecule has 0 fully saturated rings. The molecule has 0 saturated carbocycles. The van der Waals surface area contributed by atoms with Crippen LogP contribution in [0.4, 0.5) is 11.4 Å². The summed E-state index contributed by atoms with van der Waals surface area (Å²) >= 11 is 1.54. The fourth-order valence-corrected chi connectivity index (χ4v) is 5.04. The predicted octanol–water partition coefficient (Wildman–Crippen LogP) is 4.56. The lowest BCUT2D eigenvalue weighted by atomic mass is 9.88. The average molecular weight is 438 g/mol. The first-order chi connectivity index (χ1) is 15.1. The number of carbonyl (C=O) groups excluding carboxylic acids is 3. The first-order valence-electron chi connectivity index (χ1n) is 10.8. The highest BCUT2D eigenvalue weighted by Crippen LogP contribution is 2.46. The van der Waals surface area contributed by atoms with Gasteiger partial charge in [0.05, 0.1) is 11.4 Å². The minimum Gasteiger partial charge on any atom is -0.357 e. The van der Waals surface area contributed by atoms with Gasteiger partial charge in [-0.25, -0.2) is 0 Å². The van der Waals surface area contributed by atoms with Gasteiger partial charge in [0.1, 0.15) is 6.04 Å². The Labute approximate surface area is 186 Å². The van der Waals surface area contributed by atoms with Gasteiger partial charge < -0.3 is 10.6 Å². The third kappa shape index (κ3) is 4.42. The highest BCUT2D eigenvalue weighted by atomic mass is 32.1. The molecule has 0 saturated heterocycles. The maximum Gasteiger partial charge on any atom is 0.228 e. The largest absolute Gasteiger partial charge is 0.357 e. The zero-order valence-corrected chi connectivity index (χ0v) is 18.5. The molecule has 1 aliphatic carbocycles. The van der Waals surface area contributed by atoms with Crippen molar-refractivity contribution in [3.05, 3.63) is 57.9 Å². The van der Waals surface area contributed by atoms with Crippen molar-refractivity contribution in [3.63, 3.8) is 0 Å². The molecule has 7 heteroatoms. The average Bonchev–Trinajstić information content (AvgIpc) is 3.25. The summed E-state index contributed by atoms with van der Waals surface area (Å²) in [4.78, 5) is 41.5. The van der Waals surface area contributed by atoms with E-state index in [1.807, 2.05) is 48.7 Å². The number of fused-ring (bicyclic) bond motifs is 1. The zero-order chi connectivity index (χ0) is 21.8. The van der Waals surface area contributed by atoms with Gasteiger partial charge in [-0.2, -0.15) is 0 Å². The Morgan fingerprint density at radius 1 is 1.16 bits per heavy atom. The lowest BCUT2D eigenvalue weighted by Gasteiger charge is -2.33. The van der Waals surface area contributed by atoms with Crippen LogP contribution in [0.2, 0.25) is 0 Å². The fourth-order valence-electron chi connectivity index (χ4n) is 4.22. The van der Waals surface area contributed by atoms with Crippen LogP contribution in [-0.2, 0) is 14.4 Å². The molecule has 6 nitrogen and oxygen atoms in total. The second kappa shape index (κ2) is 9.47. The van der Waals surface area contributed by atoms with E-state index in [1.54, 1.807) is 16.2 Å². The maximum atomic E-state index is 13.6. The monoisotopic (exact) mass is 437 g/mol. The number of anilines is 2. The SMILES string of the molecule is CCCNC(=O)CCC(=O)N1c2ccccc2NC2=C(C(=O)CCC2)[C@H]1c1cccs1. The molecule has 2 amide bonds. The number of nitrogens with zero attached hydrogens (tertiary/aromatic N) is 1. The molecule has 2 aromatic rings. The molecule has 2 heterocycles. The Hall–Kier alpha value is -2.93. The minimum atomic E-state index is -0.481. The number of hydrogen-bond acceptors (Lipinski definition) is 5. The van der Waals surface area contributed by atoms with E-state index in [4.69, 9.17) is 0 Å². The molecule has 1 atom stereocenters. The van der Waals surface area contributed by atoms with Crippen LogP contribution in [0.15, 0.2) is 53.0 Å². The highest BCUT2D eigenvalue weighted by Gasteiger charge is 2.39. The lowest BCUT2D eigenvalue weighted by molar-refractivity contribution is -0.125. The zero-order valence-electron chi connectivity index (χ0n) is 17.6. The Balaban J connectivity index is 1.76. The molecule has 0 spiro atoms. The molecule has 0 unspecified atom stereocenters. The Bertz CT molecular complexity index is 1010. The Morgan fingerprint density at radius 2 is 2.00 bits per heavy atom. The van der Waals surface area contributed by atoms with Gasteiger partial charge in [-0.1, -0.05) is 25.1 Å². The molecule has 1 aromatic heterocycles. The summed E-state index contributed by atoms with van der Waals surface area (Å²) in [5.74, 6) is -0.206. The van der Waals surface area contributed by atoms with Crippen LogP contribution in [0.3, 0.4) is 0 Å². The van der Waals surface area contributed by atoms with E-state index in [0.717, 1.165) is 41.2 Å². The van der Waals surface area contributed by atoms with Crippen molar-refractivity contribution in [1.29, 1.82) is 0 Å². The Kier molecular flexibility index (Phi) is 6.51. The number of thiophene rings is 1. The number of Topliss-reactive ketones (excluding diaryl/α,β-unsaturated/α-hetero) is 1.